The highest BCUT2D eigenvalue weighted by molar-refractivity contribution is 5.29. The molecular weight excluding hydrogens is 260 g/mol. The van der Waals surface area contributed by atoms with Gasteiger partial charge in [-0.1, -0.05) is 32.9 Å². The van der Waals surface area contributed by atoms with Crippen molar-refractivity contribution >= 4 is 0 Å². The van der Waals surface area contributed by atoms with Crippen LogP contribution < -0.4 is 10.1 Å². The van der Waals surface area contributed by atoms with Crippen molar-refractivity contribution in [3.8, 4) is 11.8 Å². The monoisotopic (exact) mass is 286 g/mol. The number of nitriles is 1. The Morgan fingerprint density at radius 2 is 2.10 bits per heavy atom. The van der Waals surface area contributed by atoms with Crippen LogP contribution in [0.1, 0.15) is 57.9 Å². The van der Waals surface area contributed by atoms with Crippen LogP contribution in [0.15, 0.2) is 24.3 Å². The molecule has 0 heterocycles. The van der Waals surface area contributed by atoms with Crippen molar-refractivity contribution in [1.29, 1.82) is 5.26 Å². The van der Waals surface area contributed by atoms with Crippen molar-refractivity contribution < 1.29 is 4.74 Å². The minimum absolute atomic E-state index is 0.127. The molecule has 2 unspecified atom stereocenters. The van der Waals surface area contributed by atoms with Crippen LogP contribution in [-0.4, -0.2) is 18.2 Å². The molecule has 3 heteroatoms. The van der Waals surface area contributed by atoms with E-state index in [2.05, 4.69) is 37.4 Å². The number of nitrogens with one attached hydrogen (secondary N) is 1. The lowest BCUT2D eigenvalue weighted by atomic mass is 9.81. The summed E-state index contributed by atoms with van der Waals surface area (Å²) in [6, 6.07) is 10.8. The largest absolute Gasteiger partial charge is 0.490 e. The van der Waals surface area contributed by atoms with Crippen molar-refractivity contribution in [2.45, 2.75) is 64.0 Å². The molecule has 0 aliphatic heterocycles. The first-order valence-corrected chi connectivity index (χ1v) is 8.01. The summed E-state index contributed by atoms with van der Waals surface area (Å²) in [6.07, 6.45) is 3.88. The number of benzene rings is 1. The molecule has 2 atom stereocenters. The topological polar surface area (TPSA) is 45.0 Å². The maximum atomic E-state index is 9.49. The minimum atomic E-state index is -0.407. The second-order valence-electron chi connectivity index (χ2n) is 6.28. The predicted molar refractivity (Wildman–Crippen MR) is 85.4 cm³/mol. The highest BCUT2D eigenvalue weighted by Gasteiger charge is 2.36. The van der Waals surface area contributed by atoms with E-state index in [1.54, 1.807) is 0 Å². The molecule has 1 aliphatic rings. The lowest BCUT2D eigenvalue weighted by molar-refractivity contribution is 0.113. The summed E-state index contributed by atoms with van der Waals surface area (Å²) < 4.78 is 6.10. The number of hydrogen-bond donors (Lipinski definition) is 1. The number of nitrogens with zero attached hydrogens (tertiary/aromatic N) is 1. The zero-order valence-corrected chi connectivity index (χ0v) is 13.4. The summed E-state index contributed by atoms with van der Waals surface area (Å²) in [4.78, 5) is 0. The van der Waals surface area contributed by atoms with Crippen LogP contribution >= 0.6 is 0 Å². The second-order valence-corrected chi connectivity index (χ2v) is 6.28. The van der Waals surface area contributed by atoms with E-state index in [4.69, 9.17) is 4.74 Å². The first kappa shape index (κ1) is 15.9. The van der Waals surface area contributed by atoms with E-state index >= 15 is 0 Å². The van der Waals surface area contributed by atoms with Crippen LogP contribution in [0.2, 0.25) is 0 Å². The quantitative estimate of drug-likeness (QED) is 0.889. The molecule has 0 aromatic heterocycles. The maximum Gasteiger partial charge on any atom is 0.119 e. The number of rotatable bonds is 5. The van der Waals surface area contributed by atoms with Crippen molar-refractivity contribution in [3.05, 3.63) is 29.8 Å². The molecular formula is C18H26N2O. The molecule has 0 amide bonds. The van der Waals surface area contributed by atoms with Gasteiger partial charge in [-0.2, -0.15) is 5.26 Å². The van der Waals surface area contributed by atoms with Gasteiger partial charge in [-0.3, -0.25) is 5.32 Å². The van der Waals surface area contributed by atoms with Gasteiger partial charge < -0.3 is 4.74 Å². The molecule has 21 heavy (non-hydrogen) atoms. The average Bonchev–Trinajstić information content (AvgIpc) is 2.48. The highest BCUT2D eigenvalue weighted by Crippen LogP contribution is 2.31. The molecule has 1 aromatic rings. The molecule has 1 aromatic carbocycles. The van der Waals surface area contributed by atoms with Gasteiger partial charge in [0.2, 0.25) is 0 Å². The van der Waals surface area contributed by atoms with E-state index in [1.165, 1.54) is 5.56 Å². The van der Waals surface area contributed by atoms with Crippen molar-refractivity contribution in [2.75, 3.05) is 6.54 Å². The fraction of sp³-hybridized carbons (Fsp3) is 0.611. The smallest absolute Gasteiger partial charge is 0.119 e. The van der Waals surface area contributed by atoms with Crippen LogP contribution in [0, 0.1) is 11.3 Å². The van der Waals surface area contributed by atoms with Crippen molar-refractivity contribution in [2.24, 2.45) is 0 Å². The molecule has 1 N–H and O–H groups in total. The van der Waals surface area contributed by atoms with Crippen molar-refractivity contribution in [1.82, 2.24) is 5.32 Å². The summed E-state index contributed by atoms with van der Waals surface area (Å²) in [6.45, 7) is 7.25. The van der Waals surface area contributed by atoms with Crippen LogP contribution in [0.5, 0.6) is 5.75 Å². The Hall–Kier alpha value is -1.53. The molecule has 0 saturated heterocycles. The Morgan fingerprint density at radius 3 is 2.67 bits per heavy atom. The number of ether oxygens (including phenoxy) is 1. The lowest BCUT2D eigenvalue weighted by Crippen LogP contribution is -2.49. The Morgan fingerprint density at radius 1 is 1.38 bits per heavy atom. The van der Waals surface area contributed by atoms with Crippen LogP contribution in [0.25, 0.3) is 0 Å². The maximum absolute atomic E-state index is 9.49. The first-order valence-electron chi connectivity index (χ1n) is 8.01. The van der Waals surface area contributed by atoms with Gasteiger partial charge in [0, 0.05) is 6.42 Å². The van der Waals surface area contributed by atoms with Gasteiger partial charge in [0.15, 0.2) is 0 Å². The predicted octanol–water partition coefficient (Wildman–Crippen LogP) is 4.00. The van der Waals surface area contributed by atoms with E-state index in [9.17, 15) is 5.26 Å². The third-order valence-electron chi connectivity index (χ3n) is 4.28. The Bertz CT molecular complexity index is 485. The third kappa shape index (κ3) is 3.98. The van der Waals surface area contributed by atoms with Gasteiger partial charge in [-0.25, -0.2) is 0 Å². The van der Waals surface area contributed by atoms with Crippen LogP contribution in [0.3, 0.4) is 0 Å². The van der Waals surface area contributed by atoms with Crippen LogP contribution in [-0.2, 0) is 0 Å². The minimum Gasteiger partial charge on any atom is -0.490 e. The normalized spacial score (nSPS) is 25.6. The standard InChI is InChI=1S/C18H26N2O/c1-4-20-18(13-19)11-5-6-17(12-18)21-16-9-7-15(8-10-16)14(2)3/h7-10,14,17,20H,4-6,11-12H2,1-3H3. The van der Waals surface area contributed by atoms with E-state index in [1.807, 2.05) is 19.1 Å². The summed E-state index contributed by atoms with van der Waals surface area (Å²) >= 11 is 0. The van der Waals surface area contributed by atoms with Gasteiger partial charge in [0.1, 0.15) is 17.4 Å². The Kier molecular flexibility index (Phi) is 5.25. The molecule has 0 radical (unpaired) electrons. The molecule has 1 aliphatic carbocycles. The molecule has 0 bridgehead atoms. The molecule has 1 fully saturated rings. The molecule has 0 spiro atoms. The SMILES string of the molecule is CCNC1(C#N)CCCC(Oc2ccc(C(C)C)cc2)C1. The zero-order chi connectivity index (χ0) is 15.3. The van der Waals surface area contributed by atoms with Crippen LogP contribution in [0.4, 0.5) is 0 Å². The van der Waals surface area contributed by atoms with Gasteiger partial charge in [0.05, 0.1) is 6.07 Å². The van der Waals surface area contributed by atoms with Gasteiger partial charge >= 0.3 is 0 Å². The summed E-state index contributed by atoms with van der Waals surface area (Å²) in [5.41, 5.74) is 0.917. The lowest BCUT2D eigenvalue weighted by Gasteiger charge is -2.36. The molecule has 3 nitrogen and oxygen atoms in total. The zero-order valence-electron chi connectivity index (χ0n) is 13.4. The Balaban J connectivity index is 2.01. The van der Waals surface area contributed by atoms with E-state index in [0.29, 0.717) is 5.92 Å². The summed E-state index contributed by atoms with van der Waals surface area (Å²) in [5.74, 6) is 1.45. The molecule has 2 rings (SSSR count). The van der Waals surface area contributed by atoms with Crippen molar-refractivity contribution in [3.63, 3.8) is 0 Å². The number of hydrogen-bond acceptors (Lipinski definition) is 3. The van der Waals surface area contributed by atoms with E-state index in [-0.39, 0.29) is 6.10 Å². The van der Waals surface area contributed by atoms with Gasteiger partial charge in [-0.05, 0) is 49.4 Å². The molecule has 1 saturated carbocycles. The first-order chi connectivity index (χ1) is 10.1. The third-order valence-corrected chi connectivity index (χ3v) is 4.28. The summed E-state index contributed by atoms with van der Waals surface area (Å²) in [5, 5.41) is 12.8. The van der Waals surface area contributed by atoms with E-state index in [0.717, 1.165) is 38.0 Å². The average molecular weight is 286 g/mol. The van der Waals surface area contributed by atoms with E-state index < -0.39 is 5.54 Å². The fourth-order valence-electron chi connectivity index (χ4n) is 3.09. The fourth-order valence-corrected chi connectivity index (χ4v) is 3.09. The Labute approximate surface area is 128 Å². The second kappa shape index (κ2) is 6.95. The highest BCUT2D eigenvalue weighted by atomic mass is 16.5. The van der Waals surface area contributed by atoms with Gasteiger partial charge in [0.25, 0.3) is 0 Å². The van der Waals surface area contributed by atoms with Gasteiger partial charge in [-0.15, -0.1) is 0 Å². The summed E-state index contributed by atoms with van der Waals surface area (Å²) in [7, 11) is 0. The molecule has 114 valence electrons.